The number of hydrogen-bond donors (Lipinski definition) is 1. The summed E-state index contributed by atoms with van der Waals surface area (Å²) in [5.41, 5.74) is 1.69. The van der Waals surface area contributed by atoms with Gasteiger partial charge in [-0.2, -0.15) is 13.2 Å². The summed E-state index contributed by atoms with van der Waals surface area (Å²) in [5, 5.41) is 3.04. The Hall–Kier alpha value is -2.97. The fraction of sp³-hybridized carbons (Fsp3) is 0.167. The van der Waals surface area contributed by atoms with Crippen LogP contribution in [-0.2, 0) is 17.5 Å². The molecule has 1 atom stereocenters. The van der Waals surface area contributed by atoms with E-state index in [0.717, 1.165) is 23.3 Å². The molecule has 1 N–H and O–H groups in total. The maximum absolute atomic E-state index is 12.7. The molecule has 0 aliphatic carbocycles. The second-order valence-electron chi connectivity index (χ2n) is 7.46. The van der Waals surface area contributed by atoms with Gasteiger partial charge in [0, 0.05) is 22.8 Å². The first-order valence-corrected chi connectivity index (χ1v) is 11.4. The van der Waals surface area contributed by atoms with Crippen molar-refractivity contribution >= 4 is 40.9 Å². The average molecular weight is 491 g/mol. The average Bonchev–Trinajstić information content (AvgIpc) is 3.15. The molecule has 1 aliphatic rings. The van der Waals surface area contributed by atoms with Crippen LogP contribution in [0, 0.1) is 0 Å². The van der Waals surface area contributed by atoms with Crippen molar-refractivity contribution in [3.63, 3.8) is 0 Å². The summed E-state index contributed by atoms with van der Waals surface area (Å²) in [6.07, 6.45) is -4.43. The van der Waals surface area contributed by atoms with E-state index in [4.69, 9.17) is 11.6 Å². The maximum Gasteiger partial charge on any atom is 0.416 e. The Morgan fingerprint density at radius 1 is 1.00 bits per heavy atom. The molecule has 4 rings (SSSR count). The van der Waals surface area contributed by atoms with Crippen molar-refractivity contribution in [1.29, 1.82) is 0 Å². The van der Waals surface area contributed by atoms with E-state index in [0.29, 0.717) is 22.9 Å². The summed E-state index contributed by atoms with van der Waals surface area (Å²) in [5.74, 6) is -0.0347. The highest BCUT2D eigenvalue weighted by atomic mass is 35.5. The third kappa shape index (κ3) is 5.51. The van der Waals surface area contributed by atoms with Crippen LogP contribution in [0.2, 0.25) is 5.02 Å². The molecule has 3 aromatic carbocycles. The third-order valence-corrected chi connectivity index (χ3v) is 6.67. The number of nitrogens with one attached hydrogen (secondary N) is 1. The summed E-state index contributed by atoms with van der Waals surface area (Å²) in [7, 11) is 0. The van der Waals surface area contributed by atoms with Gasteiger partial charge in [-0.3, -0.25) is 9.59 Å². The molecule has 9 heteroatoms. The number of benzene rings is 3. The smallest absolute Gasteiger partial charge is 0.322 e. The maximum atomic E-state index is 12.7. The molecule has 0 radical (unpaired) electrons. The number of thioether (sulfide) groups is 1. The van der Waals surface area contributed by atoms with Crippen molar-refractivity contribution in [3.8, 4) is 0 Å². The Balaban J connectivity index is 1.44. The van der Waals surface area contributed by atoms with Gasteiger partial charge < -0.3 is 10.2 Å². The van der Waals surface area contributed by atoms with E-state index in [1.54, 1.807) is 41.3 Å². The number of halogens is 4. The third-order valence-electron chi connectivity index (χ3n) is 5.16. The Morgan fingerprint density at radius 2 is 1.64 bits per heavy atom. The van der Waals surface area contributed by atoms with Crippen LogP contribution in [0.5, 0.6) is 0 Å². The molecule has 0 aromatic heterocycles. The van der Waals surface area contributed by atoms with Crippen molar-refractivity contribution in [2.45, 2.75) is 18.1 Å². The zero-order chi connectivity index (χ0) is 23.6. The van der Waals surface area contributed by atoms with E-state index >= 15 is 0 Å². The van der Waals surface area contributed by atoms with E-state index in [2.05, 4.69) is 5.32 Å². The Morgan fingerprint density at radius 3 is 2.24 bits per heavy atom. The Kier molecular flexibility index (Phi) is 6.67. The van der Waals surface area contributed by atoms with E-state index in [9.17, 15) is 22.8 Å². The van der Waals surface area contributed by atoms with Crippen molar-refractivity contribution in [3.05, 3.63) is 100 Å². The summed E-state index contributed by atoms with van der Waals surface area (Å²) >= 11 is 7.45. The van der Waals surface area contributed by atoms with Gasteiger partial charge in [-0.15, -0.1) is 11.8 Å². The summed E-state index contributed by atoms with van der Waals surface area (Å²) in [6, 6.07) is 18.4. The number of carbonyl (C=O) groups is 2. The van der Waals surface area contributed by atoms with E-state index in [1.807, 2.05) is 12.1 Å². The first kappa shape index (κ1) is 23.2. The lowest BCUT2D eigenvalue weighted by Gasteiger charge is -2.24. The molecule has 2 amide bonds. The van der Waals surface area contributed by atoms with Crippen LogP contribution in [0.25, 0.3) is 0 Å². The molecule has 1 fully saturated rings. The van der Waals surface area contributed by atoms with E-state index in [1.165, 1.54) is 23.9 Å². The molecule has 0 spiro atoms. The number of alkyl halides is 3. The van der Waals surface area contributed by atoms with E-state index in [-0.39, 0.29) is 17.0 Å². The first-order chi connectivity index (χ1) is 15.7. The largest absolute Gasteiger partial charge is 0.416 e. The quantitative estimate of drug-likeness (QED) is 0.451. The number of nitrogens with zero attached hydrogens (tertiary/aromatic N) is 1. The highest BCUT2D eigenvalue weighted by molar-refractivity contribution is 8.00. The molecule has 3 aromatic rings. The van der Waals surface area contributed by atoms with Gasteiger partial charge in [0.05, 0.1) is 11.3 Å². The van der Waals surface area contributed by atoms with Gasteiger partial charge in [0.15, 0.2) is 0 Å². The minimum atomic E-state index is -4.43. The van der Waals surface area contributed by atoms with Gasteiger partial charge in [0.1, 0.15) is 5.37 Å². The molecule has 0 unspecified atom stereocenters. The normalized spacial score (nSPS) is 16.2. The SMILES string of the molecule is O=C(Nc1ccc(C(F)(F)F)cc1)c1ccc([C@@H]2SCC(=O)N2Cc2ccc(Cl)cc2)cc1. The number of amides is 2. The topological polar surface area (TPSA) is 49.4 Å². The molecular formula is C24H18ClF3N2O2S. The predicted molar refractivity (Wildman–Crippen MR) is 123 cm³/mol. The number of anilines is 1. The zero-order valence-electron chi connectivity index (χ0n) is 17.1. The van der Waals surface area contributed by atoms with Crippen LogP contribution in [0.1, 0.15) is 32.4 Å². The summed E-state index contributed by atoms with van der Waals surface area (Å²) in [4.78, 5) is 26.7. The van der Waals surface area contributed by atoms with Gasteiger partial charge in [-0.05, 0) is 59.7 Å². The molecule has 1 saturated heterocycles. The standard InChI is InChI=1S/C24H18ClF3N2O2S/c25-19-9-1-15(2-10-19)13-30-21(31)14-33-23(30)17-5-3-16(4-6-17)22(32)29-20-11-7-18(8-12-20)24(26,27)28/h1-12,23H,13-14H2,(H,29,32)/t23-/m0/s1. The van der Waals surface area contributed by atoms with Crippen molar-refractivity contribution in [1.82, 2.24) is 4.90 Å². The van der Waals surface area contributed by atoms with Crippen LogP contribution in [0.15, 0.2) is 72.8 Å². The highest BCUT2D eigenvalue weighted by Gasteiger charge is 2.33. The lowest BCUT2D eigenvalue weighted by Crippen LogP contribution is -2.27. The van der Waals surface area contributed by atoms with Crippen molar-refractivity contribution < 1.29 is 22.8 Å². The molecule has 33 heavy (non-hydrogen) atoms. The lowest BCUT2D eigenvalue weighted by molar-refractivity contribution is -0.137. The molecule has 0 bridgehead atoms. The number of carbonyl (C=O) groups excluding carboxylic acids is 2. The Bertz CT molecular complexity index is 1150. The van der Waals surface area contributed by atoms with Crippen molar-refractivity contribution in [2.75, 3.05) is 11.1 Å². The van der Waals surface area contributed by atoms with Gasteiger partial charge in [0.25, 0.3) is 5.91 Å². The van der Waals surface area contributed by atoms with Gasteiger partial charge in [-0.25, -0.2) is 0 Å². The molecule has 4 nitrogen and oxygen atoms in total. The fourth-order valence-corrected chi connectivity index (χ4v) is 4.75. The van der Waals surface area contributed by atoms with Crippen LogP contribution in [0.4, 0.5) is 18.9 Å². The number of hydrogen-bond acceptors (Lipinski definition) is 3. The second-order valence-corrected chi connectivity index (χ2v) is 8.97. The second kappa shape index (κ2) is 9.49. The fourth-order valence-electron chi connectivity index (χ4n) is 3.43. The molecule has 0 saturated carbocycles. The van der Waals surface area contributed by atoms with Gasteiger partial charge in [-0.1, -0.05) is 35.9 Å². The van der Waals surface area contributed by atoms with Crippen LogP contribution in [-0.4, -0.2) is 22.5 Å². The molecule has 1 heterocycles. The van der Waals surface area contributed by atoms with Crippen LogP contribution >= 0.6 is 23.4 Å². The monoisotopic (exact) mass is 490 g/mol. The van der Waals surface area contributed by atoms with Gasteiger partial charge >= 0.3 is 6.18 Å². The van der Waals surface area contributed by atoms with Crippen molar-refractivity contribution in [2.24, 2.45) is 0 Å². The minimum absolute atomic E-state index is 0.0315. The number of rotatable bonds is 5. The lowest BCUT2D eigenvalue weighted by atomic mass is 10.1. The highest BCUT2D eigenvalue weighted by Crippen LogP contribution is 2.39. The van der Waals surface area contributed by atoms with Gasteiger partial charge in [0.2, 0.25) is 5.91 Å². The minimum Gasteiger partial charge on any atom is -0.322 e. The van der Waals surface area contributed by atoms with E-state index < -0.39 is 17.6 Å². The first-order valence-electron chi connectivity index (χ1n) is 9.95. The molecular weight excluding hydrogens is 473 g/mol. The molecule has 1 aliphatic heterocycles. The zero-order valence-corrected chi connectivity index (χ0v) is 18.7. The Labute approximate surface area is 197 Å². The summed E-state index contributed by atoms with van der Waals surface area (Å²) < 4.78 is 38.1. The predicted octanol–water partition coefficient (Wildman–Crippen LogP) is 6.39. The molecule has 170 valence electrons. The van der Waals surface area contributed by atoms with Crippen LogP contribution < -0.4 is 5.32 Å². The summed E-state index contributed by atoms with van der Waals surface area (Å²) in [6.45, 7) is 0.448. The van der Waals surface area contributed by atoms with Crippen LogP contribution in [0.3, 0.4) is 0 Å².